The number of hydrogen-bond donors (Lipinski definition) is 0. The third kappa shape index (κ3) is 3.19. The van der Waals surface area contributed by atoms with E-state index in [9.17, 15) is 10.1 Å². The zero-order valence-corrected chi connectivity index (χ0v) is 19.2. The lowest BCUT2D eigenvalue weighted by molar-refractivity contribution is -0.146. The largest absolute Gasteiger partial charge is 0.297 e. The summed E-state index contributed by atoms with van der Waals surface area (Å²) in [6.45, 7) is 6.66. The molecule has 4 aliphatic rings. The van der Waals surface area contributed by atoms with E-state index in [2.05, 4.69) is 25.0 Å². The van der Waals surface area contributed by atoms with Gasteiger partial charge in [0.25, 0.3) is 0 Å². The summed E-state index contributed by atoms with van der Waals surface area (Å²) in [5, 5.41) is 13.6. The molecule has 0 spiro atoms. The first-order chi connectivity index (χ1) is 14.8. The van der Waals surface area contributed by atoms with Gasteiger partial charge in [-0.15, -0.1) is 0 Å². The van der Waals surface area contributed by atoms with Crippen molar-refractivity contribution in [2.75, 3.05) is 0 Å². The molecule has 0 radical (unpaired) electrons. The van der Waals surface area contributed by atoms with Crippen LogP contribution in [-0.4, -0.2) is 21.2 Å². The lowest BCUT2D eigenvalue weighted by atomic mass is 9.48. The highest BCUT2D eigenvalue weighted by molar-refractivity contribution is 5.82. The lowest BCUT2D eigenvalue weighted by Gasteiger charge is -2.58. The van der Waals surface area contributed by atoms with Crippen molar-refractivity contribution < 1.29 is 9.18 Å². The summed E-state index contributed by atoms with van der Waals surface area (Å²) in [4.78, 5) is 13.4. The zero-order chi connectivity index (χ0) is 22.0. The van der Waals surface area contributed by atoms with Crippen molar-refractivity contribution in [3.63, 3.8) is 0 Å². The standard InChI is InChI=1S/C26H36FN3O/c1-16-8-11-26(27)19(12-16)4-5-20-21-6-7-23(25(21,3)10-9-22(20)26)24(31)15-30-14-18(13-28)17(2)29-30/h14,16,19-23H,4-12,15H2,1-3H3/t16-,19+,20-,21-,22-,23+,25-,26+/m0/s1. The minimum absolute atomic E-state index is 0.0103. The van der Waals surface area contributed by atoms with Gasteiger partial charge in [-0.3, -0.25) is 9.48 Å². The van der Waals surface area contributed by atoms with Gasteiger partial charge in [-0.2, -0.15) is 10.4 Å². The third-order valence-electron chi connectivity index (χ3n) is 10.1. The van der Waals surface area contributed by atoms with Crippen LogP contribution in [0.3, 0.4) is 0 Å². The minimum atomic E-state index is -0.959. The monoisotopic (exact) mass is 425 g/mol. The summed E-state index contributed by atoms with van der Waals surface area (Å²) in [5.41, 5.74) is 0.247. The maximum atomic E-state index is 16.4. The summed E-state index contributed by atoms with van der Waals surface area (Å²) in [7, 11) is 0. The first-order valence-electron chi connectivity index (χ1n) is 12.4. The highest BCUT2D eigenvalue weighted by Gasteiger charge is 2.62. The summed E-state index contributed by atoms with van der Waals surface area (Å²) < 4.78 is 18.1. The van der Waals surface area contributed by atoms with E-state index >= 15 is 4.39 Å². The molecule has 0 unspecified atom stereocenters. The summed E-state index contributed by atoms with van der Waals surface area (Å²) in [5.74, 6) is 2.33. The first-order valence-corrected chi connectivity index (χ1v) is 12.4. The molecular formula is C26H36FN3O. The highest BCUT2D eigenvalue weighted by atomic mass is 19.1. The van der Waals surface area contributed by atoms with Crippen molar-refractivity contribution in [3.8, 4) is 6.07 Å². The molecule has 1 aromatic rings. The van der Waals surface area contributed by atoms with Crippen LogP contribution in [0.25, 0.3) is 0 Å². The fourth-order valence-corrected chi connectivity index (χ4v) is 8.50. The van der Waals surface area contributed by atoms with Crippen LogP contribution in [0.15, 0.2) is 6.20 Å². The number of fused-ring (bicyclic) bond motifs is 5. The van der Waals surface area contributed by atoms with E-state index in [1.807, 2.05) is 6.92 Å². The Bertz CT molecular complexity index is 918. The molecule has 1 aromatic heterocycles. The second-order valence-electron chi connectivity index (χ2n) is 11.5. The number of nitrogens with zero attached hydrogens (tertiary/aromatic N) is 3. The molecule has 0 amide bonds. The molecule has 31 heavy (non-hydrogen) atoms. The quantitative estimate of drug-likeness (QED) is 0.631. The Hall–Kier alpha value is -1.70. The van der Waals surface area contributed by atoms with Gasteiger partial charge in [0.15, 0.2) is 5.78 Å². The van der Waals surface area contributed by atoms with Crippen LogP contribution in [0.4, 0.5) is 4.39 Å². The Morgan fingerprint density at radius 3 is 2.77 bits per heavy atom. The summed E-state index contributed by atoms with van der Waals surface area (Å²) in [6, 6.07) is 2.14. The molecule has 5 rings (SSSR count). The SMILES string of the molecule is Cc1nn(CC(=O)[C@H]2CC[C@H]3[C@@H]4CC[C@@H]5C[C@@H](C)CC[C@]5(F)[C@H]4CC[C@]23C)cc1C#N. The van der Waals surface area contributed by atoms with E-state index in [-0.39, 0.29) is 35.5 Å². The Morgan fingerprint density at radius 1 is 1.23 bits per heavy atom. The van der Waals surface area contributed by atoms with Gasteiger partial charge in [0.2, 0.25) is 0 Å². The lowest BCUT2D eigenvalue weighted by Crippen LogP contribution is -2.56. The number of carbonyl (C=O) groups excluding carboxylic acids is 1. The van der Waals surface area contributed by atoms with Gasteiger partial charge >= 0.3 is 0 Å². The molecule has 0 bridgehead atoms. The van der Waals surface area contributed by atoms with Crippen LogP contribution < -0.4 is 0 Å². The minimum Gasteiger partial charge on any atom is -0.297 e. The number of rotatable bonds is 3. The maximum Gasteiger partial charge on any atom is 0.157 e. The van der Waals surface area contributed by atoms with E-state index in [0.717, 1.165) is 57.8 Å². The van der Waals surface area contributed by atoms with Gasteiger partial charge in [0.05, 0.1) is 17.8 Å². The van der Waals surface area contributed by atoms with E-state index in [0.29, 0.717) is 29.0 Å². The second-order valence-corrected chi connectivity index (χ2v) is 11.5. The normalized spacial score (nSPS) is 44.1. The summed E-state index contributed by atoms with van der Waals surface area (Å²) in [6.07, 6.45) is 10.6. The predicted molar refractivity (Wildman–Crippen MR) is 117 cm³/mol. The number of hydrogen-bond acceptors (Lipinski definition) is 3. The molecule has 0 N–H and O–H groups in total. The Balaban J connectivity index is 1.34. The van der Waals surface area contributed by atoms with Crippen LogP contribution in [0.2, 0.25) is 0 Å². The average molecular weight is 426 g/mol. The molecule has 0 saturated heterocycles. The smallest absolute Gasteiger partial charge is 0.157 e. The summed E-state index contributed by atoms with van der Waals surface area (Å²) >= 11 is 0. The van der Waals surface area contributed by atoms with Crippen LogP contribution >= 0.6 is 0 Å². The van der Waals surface area contributed by atoms with Crippen molar-refractivity contribution in [2.45, 2.75) is 90.8 Å². The molecule has 4 fully saturated rings. The number of Topliss-reactive ketones (excluding diaryl/α,β-unsaturated/α-hetero) is 1. The predicted octanol–water partition coefficient (Wildman–Crippen LogP) is 5.63. The fraction of sp³-hybridized carbons (Fsp3) is 0.808. The Morgan fingerprint density at radius 2 is 2.03 bits per heavy atom. The van der Waals surface area contributed by atoms with Gasteiger partial charge in [0, 0.05) is 12.1 Å². The Kier molecular flexibility index (Phi) is 5.07. The van der Waals surface area contributed by atoms with Gasteiger partial charge in [-0.1, -0.05) is 13.8 Å². The molecule has 168 valence electrons. The van der Waals surface area contributed by atoms with Crippen molar-refractivity contribution in [3.05, 3.63) is 17.5 Å². The molecule has 0 aliphatic heterocycles. The van der Waals surface area contributed by atoms with Gasteiger partial charge < -0.3 is 0 Å². The van der Waals surface area contributed by atoms with Crippen LogP contribution in [-0.2, 0) is 11.3 Å². The number of carbonyl (C=O) groups is 1. The number of alkyl halides is 1. The van der Waals surface area contributed by atoms with Crippen LogP contribution in [0.1, 0.15) is 82.9 Å². The molecule has 5 heteroatoms. The van der Waals surface area contributed by atoms with E-state index < -0.39 is 5.67 Å². The molecule has 1 heterocycles. The second kappa shape index (κ2) is 7.42. The Labute approximate surface area is 185 Å². The van der Waals surface area contributed by atoms with Crippen molar-refractivity contribution in [2.24, 2.45) is 40.9 Å². The number of nitriles is 1. The van der Waals surface area contributed by atoms with Crippen molar-refractivity contribution in [1.82, 2.24) is 9.78 Å². The first kappa shape index (κ1) is 21.2. The average Bonchev–Trinajstić information content (AvgIpc) is 3.27. The van der Waals surface area contributed by atoms with Crippen molar-refractivity contribution in [1.29, 1.82) is 5.26 Å². The van der Waals surface area contributed by atoms with Gasteiger partial charge in [-0.05, 0) is 99.7 Å². The van der Waals surface area contributed by atoms with Gasteiger partial charge in [-0.25, -0.2) is 4.39 Å². The van der Waals surface area contributed by atoms with E-state index in [1.54, 1.807) is 10.9 Å². The van der Waals surface area contributed by atoms with Crippen molar-refractivity contribution >= 4 is 5.78 Å². The van der Waals surface area contributed by atoms with E-state index in [1.165, 1.54) is 0 Å². The zero-order valence-electron chi connectivity index (χ0n) is 19.2. The van der Waals surface area contributed by atoms with Gasteiger partial charge in [0.1, 0.15) is 11.7 Å². The van der Waals surface area contributed by atoms with Crippen LogP contribution in [0, 0.1) is 59.2 Å². The molecule has 4 saturated carbocycles. The fourth-order valence-electron chi connectivity index (χ4n) is 8.50. The topological polar surface area (TPSA) is 58.7 Å². The maximum absolute atomic E-state index is 16.4. The molecule has 4 nitrogen and oxygen atoms in total. The highest BCUT2D eigenvalue weighted by Crippen LogP contribution is 2.66. The number of ketones is 1. The number of halogens is 1. The molecular weight excluding hydrogens is 389 g/mol. The third-order valence-corrected chi connectivity index (χ3v) is 10.1. The molecule has 0 aromatic carbocycles. The van der Waals surface area contributed by atoms with Crippen LogP contribution in [0.5, 0.6) is 0 Å². The molecule has 4 aliphatic carbocycles. The van der Waals surface area contributed by atoms with E-state index in [4.69, 9.17) is 0 Å². The number of aryl methyl sites for hydroxylation is 1. The number of aromatic nitrogens is 2. The molecule has 8 atom stereocenters.